The molecule has 0 heterocycles. The van der Waals surface area contributed by atoms with E-state index in [4.69, 9.17) is 4.74 Å². The number of rotatable bonds is 7. The summed E-state index contributed by atoms with van der Waals surface area (Å²) in [5.74, 6) is -1.80. The predicted octanol–water partition coefficient (Wildman–Crippen LogP) is 0.414. The van der Waals surface area contributed by atoms with Crippen LogP contribution < -0.4 is 10.6 Å². The van der Waals surface area contributed by atoms with Gasteiger partial charge in [0.05, 0.1) is 12.2 Å². The number of halogens is 1. The molecule has 0 aliphatic rings. The molecule has 1 rings (SSSR count). The van der Waals surface area contributed by atoms with Gasteiger partial charge in [-0.1, -0.05) is 0 Å². The second-order valence-electron chi connectivity index (χ2n) is 4.01. The number of nitrogens with one attached hydrogen (secondary N) is 2. The van der Waals surface area contributed by atoms with Crippen molar-refractivity contribution in [3.8, 4) is 5.75 Å². The number of aromatic hydroxyl groups is 1. The Kier molecular flexibility index (Phi) is 6.45. The molecule has 0 saturated carbocycles. The van der Waals surface area contributed by atoms with Crippen molar-refractivity contribution in [3.63, 3.8) is 0 Å². The Balaban J connectivity index is 2.36. The first kappa shape index (κ1) is 15.9. The van der Waals surface area contributed by atoms with E-state index < -0.39 is 11.7 Å². The van der Waals surface area contributed by atoms with Crippen LogP contribution in [0.4, 0.5) is 4.39 Å². The Bertz CT molecular complexity index is 479. The Labute approximate surface area is 115 Å². The highest BCUT2D eigenvalue weighted by Gasteiger charge is 2.12. The van der Waals surface area contributed by atoms with E-state index in [-0.39, 0.29) is 30.2 Å². The zero-order valence-electron chi connectivity index (χ0n) is 11.1. The number of ether oxygens (including phenoxy) is 1. The molecule has 0 fully saturated rings. The van der Waals surface area contributed by atoms with Crippen molar-refractivity contribution in [2.24, 2.45) is 0 Å². The molecule has 0 aliphatic heterocycles. The van der Waals surface area contributed by atoms with Gasteiger partial charge in [0.25, 0.3) is 5.91 Å². The van der Waals surface area contributed by atoms with Crippen LogP contribution in [0.3, 0.4) is 0 Å². The van der Waals surface area contributed by atoms with Gasteiger partial charge in [-0.3, -0.25) is 9.59 Å². The summed E-state index contributed by atoms with van der Waals surface area (Å²) in [5, 5.41) is 14.5. The van der Waals surface area contributed by atoms with Crippen LogP contribution in [0.1, 0.15) is 16.8 Å². The SMILES string of the molecule is COCCNC(=O)CCNC(=O)c1cc(F)ccc1O. The summed E-state index contributed by atoms with van der Waals surface area (Å²) < 4.78 is 17.7. The highest BCUT2D eigenvalue weighted by Crippen LogP contribution is 2.17. The van der Waals surface area contributed by atoms with Crippen molar-refractivity contribution >= 4 is 11.8 Å². The summed E-state index contributed by atoms with van der Waals surface area (Å²) in [5.41, 5.74) is -0.162. The average molecular weight is 284 g/mol. The lowest BCUT2D eigenvalue weighted by molar-refractivity contribution is -0.121. The Morgan fingerprint density at radius 2 is 2.05 bits per heavy atom. The molecule has 0 saturated heterocycles. The molecule has 7 heteroatoms. The number of hydrogen-bond acceptors (Lipinski definition) is 4. The van der Waals surface area contributed by atoms with Crippen LogP contribution in [-0.2, 0) is 9.53 Å². The molecular formula is C13H17FN2O4. The molecule has 0 atom stereocenters. The minimum Gasteiger partial charge on any atom is -0.507 e. The summed E-state index contributed by atoms with van der Waals surface area (Å²) in [6.45, 7) is 0.900. The van der Waals surface area contributed by atoms with E-state index in [1.165, 1.54) is 7.11 Å². The van der Waals surface area contributed by atoms with E-state index in [1.807, 2.05) is 0 Å². The van der Waals surface area contributed by atoms with Gasteiger partial charge in [-0.15, -0.1) is 0 Å². The number of methoxy groups -OCH3 is 1. The number of amides is 2. The zero-order valence-corrected chi connectivity index (χ0v) is 11.1. The highest BCUT2D eigenvalue weighted by molar-refractivity contribution is 5.97. The third kappa shape index (κ3) is 5.23. The maximum Gasteiger partial charge on any atom is 0.255 e. The quantitative estimate of drug-likeness (QED) is 0.633. The molecule has 6 nitrogen and oxygen atoms in total. The summed E-state index contributed by atoms with van der Waals surface area (Å²) in [6, 6.07) is 3.08. The Morgan fingerprint density at radius 3 is 2.75 bits per heavy atom. The van der Waals surface area contributed by atoms with Crippen molar-refractivity contribution in [1.29, 1.82) is 0 Å². The maximum absolute atomic E-state index is 13.0. The standard InChI is InChI=1S/C13H17FN2O4/c1-20-7-6-15-12(18)4-5-16-13(19)10-8-9(14)2-3-11(10)17/h2-3,8,17H,4-7H2,1H3,(H,15,18)(H,16,19). The van der Waals surface area contributed by atoms with E-state index >= 15 is 0 Å². The third-order valence-corrected chi connectivity index (χ3v) is 2.47. The fourth-order valence-corrected chi connectivity index (χ4v) is 1.46. The van der Waals surface area contributed by atoms with Gasteiger partial charge in [-0.2, -0.15) is 0 Å². The molecule has 110 valence electrons. The van der Waals surface area contributed by atoms with Crippen LogP contribution >= 0.6 is 0 Å². The third-order valence-electron chi connectivity index (χ3n) is 2.47. The number of benzene rings is 1. The molecule has 0 aromatic heterocycles. The lowest BCUT2D eigenvalue weighted by Crippen LogP contribution is -2.32. The van der Waals surface area contributed by atoms with E-state index in [9.17, 15) is 19.1 Å². The van der Waals surface area contributed by atoms with E-state index in [2.05, 4.69) is 10.6 Å². The lowest BCUT2D eigenvalue weighted by Gasteiger charge is -2.07. The van der Waals surface area contributed by atoms with E-state index in [0.717, 1.165) is 18.2 Å². The van der Waals surface area contributed by atoms with Gasteiger partial charge in [0.15, 0.2) is 0 Å². The number of carbonyl (C=O) groups excluding carboxylic acids is 2. The smallest absolute Gasteiger partial charge is 0.255 e. The molecule has 3 N–H and O–H groups in total. The predicted molar refractivity (Wildman–Crippen MR) is 69.9 cm³/mol. The van der Waals surface area contributed by atoms with Gasteiger partial charge >= 0.3 is 0 Å². The largest absolute Gasteiger partial charge is 0.507 e. The van der Waals surface area contributed by atoms with Crippen LogP contribution in [0.25, 0.3) is 0 Å². The van der Waals surface area contributed by atoms with Crippen LogP contribution in [-0.4, -0.2) is 43.7 Å². The summed E-state index contributed by atoms with van der Waals surface area (Å²) >= 11 is 0. The number of phenolic OH excluding ortho intramolecular Hbond substituents is 1. The molecule has 0 radical (unpaired) electrons. The molecule has 0 unspecified atom stereocenters. The monoisotopic (exact) mass is 284 g/mol. The number of phenols is 1. The van der Waals surface area contributed by atoms with Crippen molar-refractivity contribution < 1.29 is 23.8 Å². The second kappa shape index (κ2) is 8.11. The minimum absolute atomic E-state index is 0.0888. The first-order valence-corrected chi connectivity index (χ1v) is 6.07. The lowest BCUT2D eigenvalue weighted by atomic mass is 10.2. The van der Waals surface area contributed by atoms with Crippen LogP contribution in [0.15, 0.2) is 18.2 Å². The van der Waals surface area contributed by atoms with Crippen molar-refractivity contribution in [2.45, 2.75) is 6.42 Å². The first-order valence-electron chi connectivity index (χ1n) is 6.07. The van der Waals surface area contributed by atoms with Crippen LogP contribution in [0.5, 0.6) is 5.75 Å². The zero-order chi connectivity index (χ0) is 15.0. The van der Waals surface area contributed by atoms with E-state index in [0.29, 0.717) is 13.2 Å². The maximum atomic E-state index is 13.0. The highest BCUT2D eigenvalue weighted by atomic mass is 19.1. The Morgan fingerprint density at radius 1 is 1.30 bits per heavy atom. The van der Waals surface area contributed by atoms with Gasteiger partial charge < -0.3 is 20.5 Å². The van der Waals surface area contributed by atoms with E-state index in [1.54, 1.807) is 0 Å². The van der Waals surface area contributed by atoms with Crippen molar-refractivity contribution in [3.05, 3.63) is 29.6 Å². The minimum atomic E-state index is -0.633. The topological polar surface area (TPSA) is 87.7 Å². The summed E-state index contributed by atoms with van der Waals surface area (Å²) in [7, 11) is 1.53. The van der Waals surface area contributed by atoms with Crippen LogP contribution in [0, 0.1) is 5.82 Å². The number of carbonyl (C=O) groups is 2. The molecular weight excluding hydrogens is 267 g/mol. The molecule has 20 heavy (non-hydrogen) atoms. The average Bonchev–Trinajstić information content (AvgIpc) is 2.41. The normalized spacial score (nSPS) is 10.1. The molecule has 1 aromatic rings. The van der Waals surface area contributed by atoms with Crippen molar-refractivity contribution in [1.82, 2.24) is 10.6 Å². The van der Waals surface area contributed by atoms with Gasteiger partial charge in [-0.05, 0) is 18.2 Å². The fourth-order valence-electron chi connectivity index (χ4n) is 1.46. The molecule has 0 spiro atoms. The van der Waals surface area contributed by atoms with Crippen molar-refractivity contribution in [2.75, 3.05) is 26.8 Å². The summed E-state index contributed by atoms with van der Waals surface area (Å²) in [4.78, 5) is 23.0. The summed E-state index contributed by atoms with van der Waals surface area (Å²) in [6.07, 6.45) is 0.0888. The molecule has 0 bridgehead atoms. The molecule has 2 amide bonds. The van der Waals surface area contributed by atoms with Gasteiger partial charge in [0.2, 0.25) is 5.91 Å². The second-order valence-corrected chi connectivity index (χ2v) is 4.01. The molecule has 0 aliphatic carbocycles. The van der Waals surface area contributed by atoms with Gasteiger partial charge in [-0.25, -0.2) is 4.39 Å². The number of hydrogen-bond donors (Lipinski definition) is 3. The fraction of sp³-hybridized carbons (Fsp3) is 0.385. The van der Waals surface area contributed by atoms with Gasteiger partial charge in [0.1, 0.15) is 11.6 Å². The Hall–Kier alpha value is -2.15. The molecule has 1 aromatic carbocycles. The van der Waals surface area contributed by atoms with Gasteiger partial charge in [0, 0.05) is 26.6 Å². The first-order chi connectivity index (χ1) is 9.54. The van der Waals surface area contributed by atoms with Crippen LogP contribution in [0.2, 0.25) is 0 Å².